The van der Waals surface area contributed by atoms with Gasteiger partial charge < -0.3 is 15.4 Å². The van der Waals surface area contributed by atoms with Crippen LogP contribution in [0.15, 0.2) is 41.2 Å². The number of nitrogens with one attached hydrogen (secondary N) is 3. The van der Waals surface area contributed by atoms with Crippen LogP contribution in [0.3, 0.4) is 0 Å². The number of pyridine rings is 2. The standard InChI is InChI=1S/C21H16F3N7O2/c1-31-21(32)17-13(26-12-5-3-4-11(22)18(12)33-2)8-16(29-20(17)30-31)28-15-7-6-10(19(23)24)14(9-25)27-15/h3-8,19H,1-2H3,(H3,26,27,28,29,30). The molecular formula is C21H16F3N7O2. The summed E-state index contributed by atoms with van der Waals surface area (Å²) in [5.41, 5.74) is -0.544. The minimum Gasteiger partial charge on any atom is -0.492 e. The summed E-state index contributed by atoms with van der Waals surface area (Å²) in [6, 6.07) is 9.77. The van der Waals surface area contributed by atoms with Crippen LogP contribution in [0.1, 0.15) is 17.7 Å². The van der Waals surface area contributed by atoms with E-state index in [1.807, 2.05) is 0 Å². The van der Waals surface area contributed by atoms with E-state index in [1.54, 1.807) is 12.1 Å². The number of fused-ring (bicyclic) bond motifs is 1. The molecule has 0 aliphatic rings. The summed E-state index contributed by atoms with van der Waals surface area (Å²) in [5.74, 6) is -0.369. The Morgan fingerprint density at radius 2 is 1.94 bits per heavy atom. The number of benzene rings is 1. The minimum absolute atomic E-state index is 0.0488. The van der Waals surface area contributed by atoms with Crippen LogP contribution in [-0.4, -0.2) is 26.9 Å². The van der Waals surface area contributed by atoms with E-state index in [2.05, 4.69) is 25.7 Å². The van der Waals surface area contributed by atoms with Crippen LogP contribution in [-0.2, 0) is 7.05 Å². The second kappa shape index (κ2) is 8.54. The molecule has 0 aliphatic heterocycles. The van der Waals surface area contributed by atoms with Gasteiger partial charge in [0.05, 0.1) is 24.0 Å². The Morgan fingerprint density at radius 1 is 1.15 bits per heavy atom. The normalized spacial score (nSPS) is 10.9. The van der Waals surface area contributed by atoms with Gasteiger partial charge in [0, 0.05) is 13.1 Å². The number of hydrogen-bond acceptors (Lipinski definition) is 7. The van der Waals surface area contributed by atoms with E-state index in [-0.39, 0.29) is 45.4 Å². The van der Waals surface area contributed by atoms with Gasteiger partial charge in [-0.3, -0.25) is 14.6 Å². The molecule has 33 heavy (non-hydrogen) atoms. The van der Waals surface area contributed by atoms with Crippen LogP contribution in [0.4, 0.5) is 36.2 Å². The van der Waals surface area contributed by atoms with Crippen LogP contribution < -0.4 is 20.9 Å². The van der Waals surface area contributed by atoms with Gasteiger partial charge in [0.2, 0.25) is 0 Å². The molecule has 0 atom stereocenters. The van der Waals surface area contributed by atoms with Gasteiger partial charge in [-0.25, -0.2) is 23.1 Å². The molecule has 0 bridgehead atoms. The highest BCUT2D eigenvalue weighted by Crippen LogP contribution is 2.33. The molecule has 4 aromatic rings. The quantitative estimate of drug-likeness (QED) is 0.400. The van der Waals surface area contributed by atoms with Crippen molar-refractivity contribution in [1.82, 2.24) is 19.7 Å². The third-order valence-corrected chi connectivity index (χ3v) is 4.78. The number of H-pyrrole nitrogens is 1. The number of nitrogens with zero attached hydrogens (tertiary/aromatic N) is 4. The fourth-order valence-corrected chi connectivity index (χ4v) is 3.28. The molecule has 0 aliphatic carbocycles. The Balaban J connectivity index is 1.80. The van der Waals surface area contributed by atoms with Gasteiger partial charge in [-0.15, -0.1) is 0 Å². The number of alkyl halides is 2. The lowest BCUT2D eigenvalue weighted by Gasteiger charge is -2.14. The number of anilines is 4. The molecular weight excluding hydrogens is 439 g/mol. The van der Waals surface area contributed by atoms with Gasteiger partial charge in [0.1, 0.15) is 23.1 Å². The van der Waals surface area contributed by atoms with Crippen molar-refractivity contribution in [3.05, 3.63) is 63.8 Å². The molecule has 9 nitrogen and oxygen atoms in total. The van der Waals surface area contributed by atoms with Gasteiger partial charge in [0.15, 0.2) is 22.9 Å². The molecule has 0 saturated heterocycles. The monoisotopic (exact) mass is 455 g/mol. The van der Waals surface area contributed by atoms with Crippen LogP contribution in [0.2, 0.25) is 0 Å². The van der Waals surface area contributed by atoms with E-state index in [1.165, 1.54) is 43.1 Å². The molecule has 3 N–H and O–H groups in total. The van der Waals surface area contributed by atoms with Crippen LogP contribution in [0.5, 0.6) is 5.75 Å². The summed E-state index contributed by atoms with van der Waals surface area (Å²) in [5, 5.41) is 18.0. The highest BCUT2D eigenvalue weighted by atomic mass is 19.3. The number of rotatable bonds is 6. The number of ether oxygens (including phenoxy) is 1. The predicted octanol–water partition coefficient (Wildman–Crippen LogP) is 4.10. The van der Waals surface area contributed by atoms with Crippen molar-refractivity contribution >= 4 is 34.0 Å². The molecule has 4 rings (SSSR count). The summed E-state index contributed by atoms with van der Waals surface area (Å²) in [6.07, 6.45) is -2.85. The maximum atomic E-state index is 14.1. The number of nitriles is 1. The number of para-hydroxylation sites is 1. The van der Waals surface area contributed by atoms with E-state index in [0.29, 0.717) is 0 Å². The van der Waals surface area contributed by atoms with Crippen molar-refractivity contribution in [3.63, 3.8) is 0 Å². The second-order valence-electron chi connectivity index (χ2n) is 6.87. The topological polar surface area (TPSA) is 121 Å². The zero-order valence-corrected chi connectivity index (χ0v) is 17.3. The number of aryl methyl sites for hydroxylation is 1. The van der Waals surface area contributed by atoms with Crippen molar-refractivity contribution in [2.24, 2.45) is 7.05 Å². The minimum atomic E-state index is -2.85. The lowest BCUT2D eigenvalue weighted by Crippen LogP contribution is -2.12. The average molecular weight is 455 g/mol. The Hall–Kier alpha value is -4.53. The lowest BCUT2D eigenvalue weighted by molar-refractivity contribution is 0.150. The van der Waals surface area contributed by atoms with E-state index in [0.717, 1.165) is 6.07 Å². The summed E-state index contributed by atoms with van der Waals surface area (Å²) < 4.78 is 46.5. The zero-order chi connectivity index (χ0) is 23.7. The Morgan fingerprint density at radius 3 is 2.64 bits per heavy atom. The van der Waals surface area contributed by atoms with Gasteiger partial charge in [0.25, 0.3) is 12.0 Å². The number of aromatic nitrogens is 4. The molecule has 0 radical (unpaired) electrons. The molecule has 0 amide bonds. The number of hydrogen-bond donors (Lipinski definition) is 3. The van der Waals surface area contributed by atoms with E-state index in [9.17, 15) is 18.0 Å². The van der Waals surface area contributed by atoms with Gasteiger partial charge in [-0.2, -0.15) is 5.26 Å². The molecule has 0 saturated carbocycles. The van der Waals surface area contributed by atoms with E-state index >= 15 is 0 Å². The summed E-state index contributed by atoms with van der Waals surface area (Å²) >= 11 is 0. The van der Waals surface area contributed by atoms with Crippen LogP contribution in [0.25, 0.3) is 11.0 Å². The molecule has 0 unspecified atom stereocenters. The molecule has 168 valence electrons. The first-order chi connectivity index (χ1) is 15.8. The fourth-order valence-electron chi connectivity index (χ4n) is 3.28. The molecule has 3 heterocycles. The van der Waals surface area contributed by atoms with E-state index in [4.69, 9.17) is 10.00 Å². The summed E-state index contributed by atoms with van der Waals surface area (Å²) in [6.45, 7) is 0. The van der Waals surface area contributed by atoms with Crippen molar-refractivity contribution < 1.29 is 17.9 Å². The first-order valence-corrected chi connectivity index (χ1v) is 9.48. The largest absolute Gasteiger partial charge is 0.492 e. The summed E-state index contributed by atoms with van der Waals surface area (Å²) in [4.78, 5) is 20.8. The summed E-state index contributed by atoms with van der Waals surface area (Å²) in [7, 11) is 2.82. The third kappa shape index (κ3) is 4.03. The Kier molecular flexibility index (Phi) is 5.61. The smallest absolute Gasteiger partial charge is 0.277 e. The highest BCUT2D eigenvalue weighted by molar-refractivity contribution is 5.93. The first kappa shape index (κ1) is 21.7. The second-order valence-corrected chi connectivity index (χ2v) is 6.87. The highest BCUT2D eigenvalue weighted by Gasteiger charge is 2.18. The van der Waals surface area contributed by atoms with Crippen LogP contribution in [0, 0.1) is 17.1 Å². The van der Waals surface area contributed by atoms with Gasteiger partial charge >= 0.3 is 0 Å². The number of methoxy groups -OCH3 is 1. The molecule has 1 aromatic carbocycles. The van der Waals surface area contributed by atoms with Crippen molar-refractivity contribution in [2.75, 3.05) is 17.7 Å². The van der Waals surface area contributed by atoms with Gasteiger partial charge in [-0.05, 0) is 24.3 Å². The van der Waals surface area contributed by atoms with Crippen molar-refractivity contribution in [3.8, 4) is 11.8 Å². The Labute approximate surface area is 184 Å². The van der Waals surface area contributed by atoms with Crippen molar-refractivity contribution in [1.29, 1.82) is 5.26 Å². The number of halogens is 3. The van der Waals surface area contributed by atoms with Gasteiger partial charge in [-0.1, -0.05) is 6.07 Å². The Bertz CT molecular complexity index is 1460. The lowest BCUT2D eigenvalue weighted by atomic mass is 10.2. The first-order valence-electron chi connectivity index (χ1n) is 9.48. The maximum Gasteiger partial charge on any atom is 0.277 e. The SMILES string of the molecule is COc1c(F)cccc1Nc1cc(Nc2ccc(C(F)F)c(C#N)n2)nc2[nH]n(C)c(=O)c12. The zero-order valence-electron chi connectivity index (χ0n) is 17.3. The third-order valence-electron chi connectivity index (χ3n) is 4.78. The van der Waals surface area contributed by atoms with Crippen LogP contribution >= 0.6 is 0 Å². The van der Waals surface area contributed by atoms with Crippen molar-refractivity contribution in [2.45, 2.75) is 6.43 Å². The average Bonchev–Trinajstić information content (AvgIpc) is 3.07. The van der Waals surface area contributed by atoms with E-state index < -0.39 is 23.5 Å². The predicted molar refractivity (Wildman–Crippen MR) is 115 cm³/mol. The molecule has 0 spiro atoms. The maximum absolute atomic E-state index is 14.1. The number of aromatic amines is 1. The molecule has 12 heteroatoms. The molecule has 0 fully saturated rings. The molecule has 3 aromatic heterocycles. The fraction of sp³-hybridized carbons (Fsp3) is 0.143.